The third-order valence-electron chi connectivity index (χ3n) is 3.21. The number of oxazole rings is 1. The number of benzene rings is 2. The first-order valence-corrected chi connectivity index (χ1v) is 7.38. The van der Waals surface area contributed by atoms with E-state index in [-0.39, 0.29) is 5.82 Å². The zero-order chi connectivity index (χ0) is 15.0. The number of aryl methyl sites for hydroxylation is 1. The predicted molar refractivity (Wildman–Crippen MR) is 79.9 cm³/mol. The summed E-state index contributed by atoms with van der Waals surface area (Å²) in [7, 11) is 0. The number of aromatic nitrogens is 1. The van der Waals surface area contributed by atoms with Gasteiger partial charge in [-0.05, 0) is 61.0 Å². The Bertz CT molecular complexity index is 765. The second kappa shape index (κ2) is 5.50. The van der Waals surface area contributed by atoms with E-state index in [0.29, 0.717) is 21.9 Å². The van der Waals surface area contributed by atoms with Crippen molar-refractivity contribution in [1.29, 1.82) is 0 Å². The number of rotatable bonds is 3. The molecule has 0 unspecified atom stereocenters. The van der Waals surface area contributed by atoms with Crippen LogP contribution in [0, 0.1) is 12.7 Å². The van der Waals surface area contributed by atoms with E-state index < -0.39 is 6.10 Å². The molecule has 2 aromatic carbocycles. The quantitative estimate of drug-likeness (QED) is 0.775. The third-order valence-corrected chi connectivity index (χ3v) is 4.14. The summed E-state index contributed by atoms with van der Waals surface area (Å²) >= 11 is 1.29. The van der Waals surface area contributed by atoms with Crippen molar-refractivity contribution in [1.82, 2.24) is 4.98 Å². The molecule has 108 valence electrons. The summed E-state index contributed by atoms with van der Waals surface area (Å²) in [6.45, 7) is 3.30. The van der Waals surface area contributed by atoms with Crippen LogP contribution in [0.15, 0.2) is 50.9 Å². The van der Waals surface area contributed by atoms with Gasteiger partial charge in [-0.1, -0.05) is 12.1 Å². The van der Waals surface area contributed by atoms with Gasteiger partial charge in [0, 0.05) is 4.90 Å². The van der Waals surface area contributed by atoms with Gasteiger partial charge in [0.25, 0.3) is 5.22 Å². The Kier molecular flexibility index (Phi) is 3.69. The highest BCUT2D eigenvalue weighted by molar-refractivity contribution is 7.99. The molecule has 0 saturated heterocycles. The highest BCUT2D eigenvalue weighted by atomic mass is 32.2. The number of halogens is 1. The van der Waals surface area contributed by atoms with Crippen LogP contribution in [0.25, 0.3) is 11.1 Å². The van der Waals surface area contributed by atoms with Crippen LogP contribution in [-0.4, -0.2) is 10.1 Å². The predicted octanol–water partition coefficient (Wildman–Crippen LogP) is 4.48. The van der Waals surface area contributed by atoms with Crippen molar-refractivity contribution in [2.45, 2.75) is 30.1 Å². The number of aliphatic hydroxyl groups is 1. The van der Waals surface area contributed by atoms with Gasteiger partial charge >= 0.3 is 0 Å². The molecule has 0 saturated carbocycles. The van der Waals surface area contributed by atoms with Gasteiger partial charge in [0.1, 0.15) is 11.3 Å². The normalized spacial score (nSPS) is 12.8. The Labute approximate surface area is 125 Å². The molecule has 1 atom stereocenters. The van der Waals surface area contributed by atoms with Crippen molar-refractivity contribution in [2.75, 3.05) is 0 Å². The average Bonchev–Trinajstić information content (AvgIpc) is 2.84. The summed E-state index contributed by atoms with van der Waals surface area (Å²) in [4.78, 5) is 5.13. The van der Waals surface area contributed by atoms with E-state index in [4.69, 9.17) is 4.42 Å². The number of nitrogens with zero attached hydrogens (tertiary/aromatic N) is 1. The number of para-hydroxylation sites is 2. The van der Waals surface area contributed by atoms with E-state index in [1.54, 1.807) is 19.9 Å². The summed E-state index contributed by atoms with van der Waals surface area (Å²) in [5.41, 5.74) is 2.54. The first-order chi connectivity index (χ1) is 10.0. The molecule has 3 aromatic rings. The van der Waals surface area contributed by atoms with Gasteiger partial charge in [0.05, 0.1) is 6.10 Å². The standard InChI is InChI=1S/C16H14FNO2S/c1-9-7-15(11(10(2)19)8-12(9)17)21-16-18-13-5-3-4-6-14(13)20-16/h3-8,10,19H,1-2H3/t10-/m0/s1. The maximum Gasteiger partial charge on any atom is 0.261 e. The van der Waals surface area contributed by atoms with E-state index >= 15 is 0 Å². The minimum Gasteiger partial charge on any atom is -0.431 e. The van der Waals surface area contributed by atoms with Crippen LogP contribution >= 0.6 is 11.8 Å². The second-order valence-electron chi connectivity index (χ2n) is 4.86. The molecule has 1 aromatic heterocycles. The number of hydrogen-bond acceptors (Lipinski definition) is 4. The molecule has 0 aliphatic carbocycles. The summed E-state index contributed by atoms with van der Waals surface area (Å²) in [6, 6.07) is 10.6. The lowest BCUT2D eigenvalue weighted by Gasteiger charge is -2.11. The fourth-order valence-electron chi connectivity index (χ4n) is 2.07. The molecule has 3 rings (SSSR count). The lowest BCUT2D eigenvalue weighted by molar-refractivity contribution is 0.196. The van der Waals surface area contributed by atoms with E-state index in [2.05, 4.69) is 4.98 Å². The molecule has 0 aliphatic heterocycles. The van der Waals surface area contributed by atoms with Crippen molar-refractivity contribution in [2.24, 2.45) is 0 Å². The SMILES string of the molecule is Cc1cc(Sc2nc3ccccc3o2)c([C@H](C)O)cc1F. The third kappa shape index (κ3) is 2.80. The topological polar surface area (TPSA) is 46.3 Å². The first-order valence-electron chi connectivity index (χ1n) is 6.56. The second-order valence-corrected chi connectivity index (χ2v) is 5.86. The zero-order valence-corrected chi connectivity index (χ0v) is 12.4. The van der Waals surface area contributed by atoms with Gasteiger partial charge in [0.2, 0.25) is 0 Å². The fraction of sp³-hybridized carbons (Fsp3) is 0.188. The number of aliphatic hydroxyl groups excluding tert-OH is 1. The smallest absolute Gasteiger partial charge is 0.261 e. The average molecular weight is 303 g/mol. The molecule has 3 nitrogen and oxygen atoms in total. The van der Waals surface area contributed by atoms with Gasteiger partial charge in [-0.15, -0.1) is 0 Å². The molecular formula is C16H14FNO2S. The zero-order valence-electron chi connectivity index (χ0n) is 11.6. The minimum absolute atomic E-state index is 0.326. The van der Waals surface area contributed by atoms with Crippen LogP contribution in [0.1, 0.15) is 24.2 Å². The Morgan fingerprint density at radius 3 is 2.76 bits per heavy atom. The van der Waals surface area contributed by atoms with E-state index in [1.807, 2.05) is 24.3 Å². The highest BCUT2D eigenvalue weighted by Gasteiger charge is 2.15. The molecule has 0 radical (unpaired) electrons. The highest BCUT2D eigenvalue weighted by Crippen LogP contribution is 2.35. The molecule has 21 heavy (non-hydrogen) atoms. The van der Waals surface area contributed by atoms with Crippen LogP contribution in [-0.2, 0) is 0 Å². The van der Waals surface area contributed by atoms with Crippen molar-refractivity contribution >= 4 is 22.9 Å². The van der Waals surface area contributed by atoms with E-state index in [1.165, 1.54) is 17.8 Å². The van der Waals surface area contributed by atoms with Gasteiger partial charge in [-0.25, -0.2) is 9.37 Å². The van der Waals surface area contributed by atoms with Crippen LogP contribution in [0.2, 0.25) is 0 Å². The Balaban J connectivity index is 2.02. The summed E-state index contributed by atoms with van der Waals surface area (Å²) in [5.74, 6) is -0.326. The molecule has 0 aliphatic rings. The summed E-state index contributed by atoms with van der Waals surface area (Å²) < 4.78 is 19.3. The fourth-order valence-corrected chi connectivity index (χ4v) is 3.12. The maximum absolute atomic E-state index is 13.7. The van der Waals surface area contributed by atoms with Crippen molar-refractivity contribution < 1.29 is 13.9 Å². The van der Waals surface area contributed by atoms with Gasteiger partial charge in [-0.2, -0.15) is 0 Å². The van der Waals surface area contributed by atoms with Gasteiger partial charge in [-0.3, -0.25) is 0 Å². The van der Waals surface area contributed by atoms with E-state index in [0.717, 1.165) is 10.4 Å². The monoisotopic (exact) mass is 303 g/mol. The molecule has 0 bridgehead atoms. The molecule has 0 amide bonds. The molecule has 1 N–H and O–H groups in total. The van der Waals surface area contributed by atoms with Crippen molar-refractivity contribution in [3.05, 3.63) is 53.3 Å². The molecule has 1 heterocycles. The number of fused-ring (bicyclic) bond motifs is 1. The van der Waals surface area contributed by atoms with Gasteiger partial charge in [0.15, 0.2) is 5.58 Å². The Morgan fingerprint density at radius 1 is 1.29 bits per heavy atom. The lowest BCUT2D eigenvalue weighted by atomic mass is 10.1. The molecule has 0 spiro atoms. The van der Waals surface area contributed by atoms with Gasteiger partial charge < -0.3 is 9.52 Å². The summed E-state index contributed by atoms with van der Waals surface area (Å²) in [6.07, 6.45) is -0.757. The van der Waals surface area contributed by atoms with Crippen LogP contribution < -0.4 is 0 Å². The minimum atomic E-state index is -0.757. The van der Waals surface area contributed by atoms with Crippen LogP contribution in [0.5, 0.6) is 0 Å². The molecule has 0 fully saturated rings. The molecular weight excluding hydrogens is 289 g/mol. The Hall–Kier alpha value is -1.85. The maximum atomic E-state index is 13.7. The summed E-state index contributed by atoms with van der Waals surface area (Å²) in [5, 5.41) is 10.3. The van der Waals surface area contributed by atoms with Crippen LogP contribution in [0.4, 0.5) is 4.39 Å². The van der Waals surface area contributed by atoms with Crippen molar-refractivity contribution in [3.8, 4) is 0 Å². The molecule has 5 heteroatoms. The number of hydrogen-bond donors (Lipinski definition) is 1. The van der Waals surface area contributed by atoms with Crippen molar-refractivity contribution in [3.63, 3.8) is 0 Å². The first kappa shape index (κ1) is 14.1. The Morgan fingerprint density at radius 2 is 2.05 bits per heavy atom. The largest absolute Gasteiger partial charge is 0.431 e. The van der Waals surface area contributed by atoms with E-state index in [9.17, 15) is 9.50 Å². The lowest BCUT2D eigenvalue weighted by Crippen LogP contribution is -1.97. The van der Waals surface area contributed by atoms with Crippen LogP contribution in [0.3, 0.4) is 0 Å².